The number of carbonyl (C=O) groups is 2. The summed E-state index contributed by atoms with van der Waals surface area (Å²) in [7, 11) is 0. The highest BCUT2D eigenvalue weighted by Gasteiger charge is 2.39. The first kappa shape index (κ1) is 13.3. The van der Waals surface area contributed by atoms with Crippen LogP contribution in [0.15, 0.2) is 0 Å². The Hall–Kier alpha value is -1.10. The molecule has 0 aromatic heterocycles. The molecule has 2 fully saturated rings. The Morgan fingerprint density at radius 1 is 1.17 bits per heavy atom. The molecule has 1 saturated heterocycles. The van der Waals surface area contributed by atoms with Crippen molar-refractivity contribution in [3.8, 4) is 0 Å². The Morgan fingerprint density at radius 3 is 2.44 bits per heavy atom. The van der Waals surface area contributed by atoms with Gasteiger partial charge in [0.15, 0.2) is 0 Å². The number of aliphatic carboxylic acids is 1. The first-order chi connectivity index (χ1) is 8.58. The van der Waals surface area contributed by atoms with Crippen molar-refractivity contribution in [3.63, 3.8) is 0 Å². The van der Waals surface area contributed by atoms with Gasteiger partial charge in [0.25, 0.3) is 0 Å². The minimum atomic E-state index is -1.01. The summed E-state index contributed by atoms with van der Waals surface area (Å²) in [4.78, 5) is 24.5. The first-order valence-electron chi connectivity index (χ1n) is 6.78. The lowest BCUT2D eigenvalue weighted by Gasteiger charge is -2.26. The average Bonchev–Trinajstić information content (AvgIpc) is 2.73. The topological polar surface area (TPSA) is 77.8 Å². The fraction of sp³-hybridized carbons (Fsp3) is 0.846. The third-order valence-corrected chi connectivity index (χ3v) is 4.07. The van der Waals surface area contributed by atoms with Gasteiger partial charge in [0.05, 0.1) is 6.10 Å². The molecule has 0 aromatic carbocycles. The lowest BCUT2D eigenvalue weighted by molar-refractivity contribution is -0.148. The van der Waals surface area contributed by atoms with Gasteiger partial charge in [0.1, 0.15) is 6.04 Å². The molecule has 2 aliphatic rings. The van der Waals surface area contributed by atoms with Gasteiger partial charge in [-0.05, 0) is 18.8 Å². The molecule has 1 aliphatic carbocycles. The Bertz CT molecular complexity index is 325. The molecule has 18 heavy (non-hydrogen) atoms. The summed E-state index contributed by atoms with van der Waals surface area (Å²) in [5.74, 6) is -0.715. The molecule has 5 heteroatoms. The van der Waals surface area contributed by atoms with E-state index in [1.54, 1.807) is 0 Å². The number of likely N-dealkylation sites (tertiary alicyclic amines) is 1. The summed E-state index contributed by atoms with van der Waals surface area (Å²) in [5.41, 5.74) is 0. The second-order valence-electron chi connectivity index (χ2n) is 5.50. The van der Waals surface area contributed by atoms with Crippen molar-refractivity contribution in [2.75, 3.05) is 6.54 Å². The minimum Gasteiger partial charge on any atom is -0.480 e. The summed E-state index contributed by atoms with van der Waals surface area (Å²) in [6, 6.07) is -0.837. The number of carboxylic acid groups (broad SMARTS) is 1. The van der Waals surface area contributed by atoms with Crippen LogP contribution in [0.4, 0.5) is 0 Å². The number of amides is 1. The Balaban J connectivity index is 1.92. The van der Waals surface area contributed by atoms with E-state index in [0.717, 1.165) is 12.8 Å². The molecule has 1 aliphatic heterocycles. The van der Waals surface area contributed by atoms with Crippen LogP contribution in [0.5, 0.6) is 0 Å². The predicted octanol–water partition coefficient (Wildman–Crippen LogP) is 1.00. The molecular weight excluding hydrogens is 234 g/mol. The number of carbonyl (C=O) groups excluding carboxylic acids is 1. The standard InChI is InChI=1S/C13H21NO4/c15-10-7-11(13(17)18)14(8-10)12(16)6-9-4-2-1-3-5-9/h9-11,15H,1-8H2,(H,17,18). The van der Waals surface area contributed by atoms with Crippen molar-refractivity contribution in [3.05, 3.63) is 0 Å². The van der Waals surface area contributed by atoms with Crippen molar-refractivity contribution >= 4 is 11.9 Å². The molecule has 2 unspecified atom stereocenters. The van der Waals surface area contributed by atoms with E-state index >= 15 is 0 Å². The van der Waals surface area contributed by atoms with Gasteiger partial charge in [-0.1, -0.05) is 19.3 Å². The highest BCUT2D eigenvalue weighted by Crippen LogP contribution is 2.28. The maximum absolute atomic E-state index is 12.1. The Morgan fingerprint density at radius 2 is 1.83 bits per heavy atom. The average molecular weight is 255 g/mol. The number of β-amino-alcohol motifs (C(OH)–C–C–N with tert-alkyl or cyclic N) is 1. The van der Waals surface area contributed by atoms with Crippen LogP contribution in [0.2, 0.25) is 0 Å². The molecule has 0 radical (unpaired) electrons. The molecule has 0 bridgehead atoms. The van der Waals surface area contributed by atoms with Gasteiger partial charge in [0, 0.05) is 19.4 Å². The van der Waals surface area contributed by atoms with Crippen LogP contribution in [0, 0.1) is 5.92 Å². The van der Waals surface area contributed by atoms with Crippen LogP contribution in [0.25, 0.3) is 0 Å². The fourth-order valence-electron chi connectivity index (χ4n) is 3.08. The SMILES string of the molecule is O=C(O)C1CC(O)CN1C(=O)CC1CCCCC1. The van der Waals surface area contributed by atoms with Gasteiger partial charge in [-0.3, -0.25) is 4.79 Å². The third-order valence-electron chi connectivity index (χ3n) is 4.07. The monoisotopic (exact) mass is 255 g/mol. The molecule has 102 valence electrons. The number of hydrogen-bond donors (Lipinski definition) is 2. The summed E-state index contributed by atoms with van der Waals surface area (Å²) < 4.78 is 0. The predicted molar refractivity (Wildman–Crippen MR) is 65.0 cm³/mol. The lowest BCUT2D eigenvalue weighted by Crippen LogP contribution is -2.41. The first-order valence-corrected chi connectivity index (χ1v) is 6.78. The van der Waals surface area contributed by atoms with Crippen molar-refractivity contribution in [1.82, 2.24) is 4.90 Å². The molecular formula is C13H21NO4. The number of aliphatic hydroxyl groups excluding tert-OH is 1. The van der Waals surface area contributed by atoms with E-state index in [0.29, 0.717) is 12.3 Å². The second kappa shape index (κ2) is 5.69. The maximum atomic E-state index is 12.1. The van der Waals surface area contributed by atoms with E-state index in [-0.39, 0.29) is 18.9 Å². The largest absolute Gasteiger partial charge is 0.480 e. The van der Waals surface area contributed by atoms with Gasteiger partial charge in [0.2, 0.25) is 5.91 Å². The van der Waals surface area contributed by atoms with Gasteiger partial charge >= 0.3 is 5.97 Å². The Kier molecular flexibility index (Phi) is 4.22. The van der Waals surface area contributed by atoms with E-state index in [1.807, 2.05) is 0 Å². The third kappa shape index (κ3) is 3.02. The highest BCUT2D eigenvalue weighted by molar-refractivity contribution is 5.84. The van der Waals surface area contributed by atoms with E-state index in [1.165, 1.54) is 24.2 Å². The normalized spacial score (nSPS) is 29.5. The van der Waals surface area contributed by atoms with E-state index in [2.05, 4.69) is 0 Å². The minimum absolute atomic E-state index is 0.106. The number of rotatable bonds is 3. The molecule has 0 aromatic rings. The highest BCUT2D eigenvalue weighted by atomic mass is 16.4. The lowest BCUT2D eigenvalue weighted by atomic mass is 9.86. The summed E-state index contributed by atoms with van der Waals surface area (Å²) >= 11 is 0. The fourth-order valence-corrected chi connectivity index (χ4v) is 3.08. The van der Waals surface area contributed by atoms with Crippen molar-refractivity contribution < 1.29 is 19.8 Å². The molecule has 5 nitrogen and oxygen atoms in total. The van der Waals surface area contributed by atoms with E-state index in [9.17, 15) is 14.7 Å². The molecule has 2 N–H and O–H groups in total. The van der Waals surface area contributed by atoms with Gasteiger partial charge in [-0.25, -0.2) is 4.79 Å². The summed E-state index contributed by atoms with van der Waals surface area (Å²) in [6.45, 7) is 0.169. The molecule has 2 rings (SSSR count). The van der Waals surface area contributed by atoms with Crippen LogP contribution >= 0.6 is 0 Å². The molecule has 1 amide bonds. The number of hydrogen-bond acceptors (Lipinski definition) is 3. The second-order valence-corrected chi connectivity index (χ2v) is 5.50. The molecule has 2 atom stereocenters. The van der Waals surface area contributed by atoms with Crippen LogP contribution in [0.1, 0.15) is 44.9 Å². The van der Waals surface area contributed by atoms with E-state index in [4.69, 9.17) is 5.11 Å². The van der Waals surface area contributed by atoms with Crippen molar-refractivity contribution in [2.24, 2.45) is 5.92 Å². The zero-order valence-electron chi connectivity index (χ0n) is 10.5. The van der Waals surface area contributed by atoms with Gasteiger partial charge in [-0.15, -0.1) is 0 Å². The molecule has 0 spiro atoms. The quantitative estimate of drug-likeness (QED) is 0.788. The summed E-state index contributed by atoms with van der Waals surface area (Å²) in [6.07, 6.45) is 5.63. The molecule has 1 saturated carbocycles. The zero-order valence-corrected chi connectivity index (χ0v) is 10.5. The van der Waals surface area contributed by atoms with Crippen molar-refractivity contribution in [1.29, 1.82) is 0 Å². The van der Waals surface area contributed by atoms with E-state index < -0.39 is 18.1 Å². The van der Waals surface area contributed by atoms with Gasteiger partial charge in [-0.2, -0.15) is 0 Å². The number of carboxylic acids is 1. The summed E-state index contributed by atoms with van der Waals surface area (Å²) in [5, 5.41) is 18.6. The van der Waals surface area contributed by atoms with Crippen LogP contribution in [-0.4, -0.2) is 45.7 Å². The van der Waals surface area contributed by atoms with Gasteiger partial charge < -0.3 is 15.1 Å². The molecule has 1 heterocycles. The smallest absolute Gasteiger partial charge is 0.326 e. The van der Waals surface area contributed by atoms with Crippen LogP contribution in [-0.2, 0) is 9.59 Å². The number of nitrogens with zero attached hydrogens (tertiary/aromatic N) is 1. The number of aliphatic hydroxyl groups is 1. The zero-order chi connectivity index (χ0) is 13.1. The van der Waals surface area contributed by atoms with Crippen LogP contribution in [0.3, 0.4) is 0 Å². The van der Waals surface area contributed by atoms with Crippen LogP contribution < -0.4 is 0 Å². The van der Waals surface area contributed by atoms with Crippen molar-refractivity contribution in [2.45, 2.75) is 57.1 Å². The maximum Gasteiger partial charge on any atom is 0.326 e. The Labute approximate surface area is 107 Å².